The van der Waals surface area contributed by atoms with Crippen LogP contribution in [0, 0.1) is 0 Å². The van der Waals surface area contributed by atoms with Crippen LogP contribution in [-0.4, -0.2) is 15.9 Å². The predicted molar refractivity (Wildman–Crippen MR) is 110 cm³/mol. The number of anilines is 1. The van der Waals surface area contributed by atoms with E-state index >= 15 is 0 Å². The molecule has 134 valence electrons. The van der Waals surface area contributed by atoms with Crippen molar-refractivity contribution in [3.8, 4) is 11.4 Å². The van der Waals surface area contributed by atoms with E-state index in [0.717, 1.165) is 40.3 Å². The average Bonchev–Trinajstić information content (AvgIpc) is 3.29. The fraction of sp³-hybridized carbons (Fsp3) is 0.182. The molecule has 0 bridgehead atoms. The number of hydrogen-bond donors (Lipinski definition) is 2. The molecule has 1 aliphatic carbocycles. The molecule has 5 rings (SSSR count). The Morgan fingerprint density at radius 3 is 2.63 bits per heavy atom. The summed E-state index contributed by atoms with van der Waals surface area (Å²) in [5.74, 6) is 0.769. The first kappa shape index (κ1) is 16.3. The summed E-state index contributed by atoms with van der Waals surface area (Å²) in [6.45, 7) is 0. The zero-order valence-electron chi connectivity index (χ0n) is 14.8. The van der Waals surface area contributed by atoms with E-state index in [1.165, 1.54) is 23.3 Å². The normalized spacial score (nSPS) is 13.5. The number of carbonyl (C=O) groups is 1. The van der Waals surface area contributed by atoms with Gasteiger partial charge >= 0.3 is 0 Å². The number of aromatic nitrogens is 2. The van der Waals surface area contributed by atoms with Crippen molar-refractivity contribution >= 4 is 33.3 Å². The highest BCUT2D eigenvalue weighted by Crippen LogP contribution is 2.43. The Bertz CT molecular complexity index is 1090. The smallest absolute Gasteiger partial charge is 0.256 e. The number of thiophene rings is 1. The summed E-state index contributed by atoms with van der Waals surface area (Å²) in [5, 5.41) is 4.04. The third kappa shape index (κ3) is 2.94. The molecule has 5 heteroatoms. The SMILES string of the molecule is O=C(Nc1sc2c(c1-c1nc3ccccc3[nH]1)CCCC2)c1ccccc1. The summed E-state index contributed by atoms with van der Waals surface area (Å²) in [7, 11) is 0. The molecule has 4 aromatic rings. The van der Waals surface area contributed by atoms with Crippen LogP contribution in [0.25, 0.3) is 22.4 Å². The fourth-order valence-corrected chi connectivity index (χ4v) is 5.03. The number of fused-ring (bicyclic) bond motifs is 2. The van der Waals surface area contributed by atoms with Crippen molar-refractivity contribution in [2.75, 3.05) is 5.32 Å². The van der Waals surface area contributed by atoms with Crippen LogP contribution in [0.1, 0.15) is 33.6 Å². The van der Waals surface area contributed by atoms with Crippen LogP contribution >= 0.6 is 11.3 Å². The Hall–Kier alpha value is -2.92. The summed E-state index contributed by atoms with van der Waals surface area (Å²) >= 11 is 1.70. The third-order valence-corrected chi connectivity index (χ3v) is 6.27. The van der Waals surface area contributed by atoms with Crippen LogP contribution < -0.4 is 5.32 Å². The van der Waals surface area contributed by atoms with Gasteiger partial charge in [-0.1, -0.05) is 30.3 Å². The van der Waals surface area contributed by atoms with Crippen molar-refractivity contribution in [3.63, 3.8) is 0 Å². The first-order valence-electron chi connectivity index (χ1n) is 9.25. The van der Waals surface area contributed by atoms with Crippen molar-refractivity contribution in [2.24, 2.45) is 0 Å². The van der Waals surface area contributed by atoms with Crippen LogP contribution in [0.5, 0.6) is 0 Å². The summed E-state index contributed by atoms with van der Waals surface area (Å²) in [5.41, 5.74) is 5.04. The molecular formula is C22H19N3OS. The minimum Gasteiger partial charge on any atom is -0.338 e. The molecular weight excluding hydrogens is 354 g/mol. The van der Waals surface area contributed by atoms with Gasteiger partial charge in [0.05, 0.1) is 16.6 Å². The maximum atomic E-state index is 12.7. The lowest BCUT2D eigenvalue weighted by atomic mass is 9.95. The summed E-state index contributed by atoms with van der Waals surface area (Å²) in [6.07, 6.45) is 4.51. The summed E-state index contributed by atoms with van der Waals surface area (Å²) < 4.78 is 0. The van der Waals surface area contributed by atoms with Crippen LogP contribution in [-0.2, 0) is 12.8 Å². The standard InChI is InChI=1S/C22H19N3OS/c26-21(14-8-2-1-3-9-14)25-22-19(15-10-4-7-13-18(15)27-22)20-23-16-11-5-6-12-17(16)24-20/h1-3,5-6,8-9,11-12H,4,7,10,13H2,(H,23,24)(H,25,26). The van der Waals surface area contributed by atoms with Gasteiger partial charge in [0.1, 0.15) is 10.8 Å². The van der Waals surface area contributed by atoms with E-state index in [1.807, 2.05) is 54.6 Å². The van der Waals surface area contributed by atoms with E-state index in [4.69, 9.17) is 4.98 Å². The number of amides is 1. The molecule has 0 fully saturated rings. The van der Waals surface area contributed by atoms with E-state index in [0.29, 0.717) is 5.56 Å². The number of benzene rings is 2. The minimum atomic E-state index is -0.0773. The predicted octanol–water partition coefficient (Wildman–Crippen LogP) is 5.42. The van der Waals surface area contributed by atoms with Gasteiger partial charge in [-0.05, 0) is 55.5 Å². The number of hydrogen-bond acceptors (Lipinski definition) is 3. The van der Waals surface area contributed by atoms with Crippen molar-refractivity contribution < 1.29 is 4.79 Å². The zero-order chi connectivity index (χ0) is 18.2. The largest absolute Gasteiger partial charge is 0.338 e. The molecule has 27 heavy (non-hydrogen) atoms. The van der Waals surface area contributed by atoms with E-state index in [1.54, 1.807) is 11.3 Å². The average molecular weight is 373 g/mol. The molecule has 0 saturated carbocycles. The van der Waals surface area contributed by atoms with E-state index < -0.39 is 0 Å². The second-order valence-corrected chi connectivity index (χ2v) is 7.94. The molecule has 0 aliphatic heterocycles. The number of rotatable bonds is 3. The Balaban J connectivity index is 1.61. The van der Waals surface area contributed by atoms with E-state index in [2.05, 4.69) is 10.3 Å². The van der Waals surface area contributed by atoms with Gasteiger partial charge in [-0.25, -0.2) is 4.98 Å². The molecule has 0 atom stereocenters. The third-order valence-electron chi connectivity index (χ3n) is 5.06. The molecule has 4 nitrogen and oxygen atoms in total. The molecule has 1 aliphatic rings. The maximum absolute atomic E-state index is 12.7. The molecule has 2 aromatic carbocycles. The van der Waals surface area contributed by atoms with Gasteiger partial charge in [-0.15, -0.1) is 11.3 Å². The van der Waals surface area contributed by atoms with E-state index in [-0.39, 0.29) is 5.91 Å². The highest BCUT2D eigenvalue weighted by Gasteiger charge is 2.25. The van der Waals surface area contributed by atoms with Crippen molar-refractivity contribution in [1.29, 1.82) is 0 Å². The highest BCUT2D eigenvalue weighted by molar-refractivity contribution is 7.17. The van der Waals surface area contributed by atoms with Crippen molar-refractivity contribution in [3.05, 3.63) is 70.6 Å². The topological polar surface area (TPSA) is 57.8 Å². The Kier molecular flexibility index (Phi) is 4.02. The number of nitrogens with zero attached hydrogens (tertiary/aromatic N) is 1. The number of aromatic amines is 1. The lowest BCUT2D eigenvalue weighted by molar-refractivity contribution is 0.102. The first-order valence-corrected chi connectivity index (χ1v) is 10.1. The molecule has 2 N–H and O–H groups in total. The molecule has 0 saturated heterocycles. The van der Waals surface area contributed by atoms with Gasteiger partial charge in [0.15, 0.2) is 0 Å². The van der Waals surface area contributed by atoms with Gasteiger partial charge in [0.2, 0.25) is 0 Å². The Morgan fingerprint density at radius 2 is 1.78 bits per heavy atom. The molecule has 1 amide bonds. The molecule has 0 unspecified atom stereocenters. The first-order chi connectivity index (χ1) is 13.3. The van der Waals surface area contributed by atoms with E-state index in [9.17, 15) is 4.79 Å². The summed E-state index contributed by atoms with van der Waals surface area (Å²) in [4.78, 5) is 22.4. The quantitative estimate of drug-likeness (QED) is 0.503. The number of aryl methyl sites for hydroxylation is 1. The van der Waals surface area contributed by atoms with Crippen molar-refractivity contribution in [2.45, 2.75) is 25.7 Å². The van der Waals surface area contributed by atoms with Crippen LogP contribution in [0.3, 0.4) is 0 Å². The monoisotopic (exact) mass is 373 g/mol. The number of imidazole rings is 1. The molecule has 2 aromatic heterocycles. The van der Waals surface area contributed by atoms with Gasteiger partial charge in [-0.2, -0.15) is 0 Å². The second-order valence-electron chi connectivity index (χ2n) is 6.84. The Labute approximate surface area is 161 Å². The van der Waals surface area contributed by atoms with Crippen molar-refractivity contribution in [1.82, 2.24) is 9.97 Å². The Morgan fingerprint density at radius 1 is 1.00 bits per heavy atom. The maximum Gasteiger partial charge on any atom is 0.256 e. The van der Waals surface area contributed by atoms with Crippen LogP contribution in [0.4, 0.5) is 5.00 Å². The number of carbonyl (C=O) groups excluding carboxylic acids is 1. The molecule has 0 radical (unpaired) electrons. The van der Waals surface area contributed by atoms with Crippen LogP contribution in [0.15, 0.2) is 54.6 Å². The number of para-hydroxylation sites is 2. The van der Waals surface area contributed by atoms with Crippen LogP contribution in [0.2, 0.25) is 0 Å². The van der Waals surface area contributed by atoms with Gasteiger partial charge in [0, 0.05) is 10.4 Å². The lowest BCUT2D eigenvalue weighted by Gasteiger charge is -2.12. The highest BCUT2D eigenvalue weighted by atomic mass is 32.1. The summed E-state index contributed by atoms with van der Waals surface area (Å²) in [6, 6.07) is 17.4. The fourth-order valence-electron chi connectivity index (χ4n) is 3.74. The lowest BCUT2D eigenvalue weighted by Crippen LogP contribution is -2.11. The number of nitrogens with one attached hydrogen (secondary N) is 2. The van der Waals surface area contributed by atoms with Gasteiger partial charge in [-0.3, -0.25) is 4.79 Å². The molecule has 2 heterocycles. The minimum absolute atomic E-state index is 0.0773. The van der Waals surface area contributed by atoms with Gasteiger partial charge < -0.3 is 10.3 Å². The van der Waals surface area contributed by atoms with Gasteiger partial charge in [0.25, 0.3) is 5.91 Å². The second kappa shape index (κ2) is 6.67. The molecule has 0 spiro atoms. The zero-order valence-corrected chi connectivity index (χ0v) is 15.6. The number of H-pyrrole nitrogens is 1.